The van der Waals surface area contributed by atoms with Crippen LogP contribution >= 0.6 is 11.6 Å². The highest BCUT2D eigenvalue weighted by molar-refractivity contribution is 6.31. The maximum absolute atomic E-state index is 9.18. The summed E-state index contributed by atoms with van der Waals surface area (Å²) in [7, 11) is 2.02. The third-order valence-electron chi connectivity index (χ3n) is 3.80. The first-order valence-electron chi connectivity index (χ1n) is 8.46. The molecule has 1 atom stereocenters. The Balaban J connectivity index is 2.74. The predicted octanol–water partition coefficient (Wildman–Crippen LogP) is 3.54. The van der Waals surface area contributed by atoms with Crippen LogP contribution in [0.4, 0.5) is 0 Å². The Morgan fingerprint density at radius 2 is 2.04 bits per heavy atom. The number of aliphatic hydroxyl groups is 1. The standard InChI is InChI=1S/C18H30ClN3O/c1-4-8-15(11-12-23)13-21-18(20-5-2)22(3)14-16-9-6-7-10-17(16)19/h6-7,9-10,15,23H,4-5,8,11-14H2,1-3H3,(H,20,21). The Morgan fingerprint density at radius 3 is 2.65 bits per heavy atom. The summed E-state index contributed by atoms with van der Waals surface area (Å²) in [5.74, 6) is 1.32. The largest absolute Gasteiger partial charge is 0.396 e. The molecule has 1 aromatic rings. The van der Waals surface area contributed by atoms with Crippen LogP contribution in [0.2, 0.25) is 5.02 Å². The molecular formula is C18H30ClN3O. The Morgan fingerprint density at radius 1 is 1.30 bits per heavy atom. The van der Waals surface area contributed by atoms with Gasteiger partial charge in [-0.25, -0.2) is 0 Å². The molecule has 0 bridgehead atoms. The fourth-order valence-electron chi connectivity index (χ4n) is 2.56. The second-order valence-electron chi connectivity index (χ2n) is 5.81. The van der Waals surface area contributed by atoms with Crippen LogP contribution in [-0.2, 0) is 6.54 Å². The third-order valence-corrected chi connectivity index (χ3v) is 4.16. The maximum Gasteiger partial charge on any atom is 0.193 e. The van der Waals surface area contributed by atoms with Crippen molar-refractivity contribution >= 4 is 17.6 Å². The van der Waals surface area contributed by atoms with Crippen molar-refractivity contribution in [1.29, 1.82) is 0 Å². The molecule has 0 aromatic heterocycles. The lowest BCUT2D eigenvalue weighted by Crippen LogP contribution is -2.39. The van der Waals surface area contributed by atoms with Gasteiger partial charge in [-0.1, -0.05) is 43.1 Å². The highest BCUT2D eigenvalue weighted by Crippen LogP contribution is 2.17. The van der Waals surface area contributed by atoms with E-state index in [0.29, 0.717) is 12.5 Å². The van der Waals surface area contributed by atoms with Crippen molar-refractivity contribution in [2.45, 2.75) is 39.7 Å². The van der Waals surface area contributed by atoms with Gasteiger partial charge in [-0.15, -0.1) is 0 Å². The number of hydrogen-bond donors (Lipinski definition) is 2. The zero-order valence-corrected chi connectivity index (χ0v) is 15.3. The first-order valence-corrected chi connectivity index (χ1v) is 8.83. The van der Waals surface area contributed by atoms with Gasteiger partial charge < -0.3 is 15.3 Å². The molecule has 0 saturated carbocycles. The van der Waals surface area contributed by atoms with E-state index in [4.69, 9.17) is 16.6 Å². The van der Waals surface area contributed by atoms with Crippen molar-refractivity contribution in [3.8, 4) is 0 Å². The van der Waals surface area contributed by atoms with Crippen molar-refractivity contribution in [2.24, 2.45) is 10.9 Å². The van der Waals surface area contributed by atoms with Gasteiger partial charge in [0.1, 0.15) is 0 Å². The first-order chi connectivity index (χ1) is 11.1. The molecule has 1 unspecified atom stereocenters. The second kappa shape index (κ2) is 11.3. The smallest absolute Gasteiger partial charge is 0.193 e. The Labute approximate surface area is 145 Å². The van der Waals surface area contributed by atoms with Crippen molar-refractivity contribution in [1.82, 2.24) is 10.2 Å². The number of halogens is 1. The van der Waals surface area contributed by atoms with Crippen LogP contribution < -0.4 is 5.32 Å². The summed E-state index contributed by atoms with van der Waals surface area (Å²) in [5, 5.41) is 13.3. The average Bonchev–Trinajstić information content (AvgIpc) is 2.53. The van der Waals surface area contributed by atoms with E-state index in [1.54, 1.807) is 0 Å². The lowest BCUT2D eigenvalue weighted by atomic mass is 10.0. The molecular weight excluding hydrogens is 310 g/mol. The summed E-state index contributed by atoms with van der Waals surface area (Å²) in [6.45, 7) is 6.74. The van der Waals surface area contributed by atoms with Crippen LogP contribution in [0.15, 0.2) is 29.3 Å². The highest BCUT2D eigenvalue weighted by atomic mass is 35.5. The zero-order valence-electron chi connectivity index (χ0n) is 14.6. The first kappa shape index (κ1) is 19.8. The van der Waals surface area contributed by atoms with E-state index < -0.39 is 0 Å². The topological polar surface area (TPSA) is 47.9 Å². The van der Waals surface area contributed by atoms with Gasteiger partial charge >= 0.3 is 0 Å². The number of benzene rings is 1. The summed E-state index contributed by atoms with van der Waals surface area (Å²) in [5.41, 5.74) is 1.09. The van der Waals surface area contributed by atoms with Gasteiger partial charge in [0.25, 0.3) is 0 Å². The lowest BCUT2D eigenvalue weighted by Gasteiger charge is -2.23. The monoisotopic (exact) mass is 339 g/mol. The van der Waals surface area contributed by atoms with Crippen LogP contribution in [0, 0.1) is 5.92 Å². The molecule has 0 heterocycles. The minimum absolute atomic E-state index is 0.228. The SMILES string of the molecule is CCCC(CCO)CN=C(NCC)N(C)Cc1ccccc1Cl. The van der Waals surface area contributed by atoms with E-state index in [0.717, 1.165) is 48.9 Å². The summed E-state index contributed by atoms with van der Waals surface area (Å²) >= 11 is 6.25. The van der Waals surface area contributed by atoms with Crippen LogP contribution in [-0.4, -0.2) is 42.7 Å². The fraction of sp³-hybridized carbons (Fsp3) is 0.611. The van der Waals surface area contributed by atoms with E-state index in [9.17, 15) is 5.11 Å². The number of nitrogens with zero attached hydrogens (tertiary/aromatic N) is 2. The molecule has 130 valence electrons. The van der Waals surface area contributed by atoms with Gasteiger partial charge in [-0.2, -0.15) is 0 Å². The molecule has 2 N–H and O–H groups in total. The fourth-order valence-corrected chi connectivity index (χ4v) is 2.76. The van der Waals surface area contributed by atoms with Crippen molar-refractivity contribution in [3.63, 3.8) is 0 Å². The average molecular weight is 340 g/mol. The quantitative estimate of drug-likeness (QED) is 0.534. The third kappa shape index (κ3) is 7.23. The molecule has 23 heavy (non-hydrogen) atoms. The summed E-state index contributed by atoms with van der Waals surface area (Å²) in [4.78, 5) is 6.84. The molecule has 0 amide bonds. The minimum atomic E-state index is 0.228. The molecule has 0 radical (unpaired) electrons. The van der Waals surface area contributed by atoms with Gasteiger partial charge in [-0.3, -0.25) is 4.99 Å². The molecule has 1 aromatic carbocycles. The van der Waals surface area contributed by atoms with Crippen LogP contribution in [0.5, 0.6) is 0 Å². The van der Waals surface area contributed by atoms with Crippen LogP contribution in [0.1, 0.15) is 38.7 Å². The van der Waals surface area contributed by atoms with Gasteiger partial charge in [0.05, 0.1) is 0 Å². The summed E-state index contributed by atoms with van der Waals surface area (Å²) < 4.78 is 0. The molecule has 0 fully saturated rings. The number of nitrogens with one attached hydrogen (secondary N) is 1. The van der Waals surface area contributed by atoms with Gasteiger partial charge in [0.15, 0.2) is 5.96 Å². The minimum Gasteiger partial charge on any atom is -0.396 e. The number of rotatable bonds is 9. The van der Waals surface area contributed by atoms with E-state index in [-0.39, 0.29) is 6.61 Å². The van der Waals surface area contributed by atoms with Crippen LogP contribution in [0.25, 0.3) is 0 Å². The van der Waals surface area contributed by atoms with Crippen LogP contribution in [0.3, 0.4) is 0 Å². The van der Waals surface area contributed by atoms with Crippen molar-refractivity contribution in [3.05, 3.63) is 34.9 Å². The Hall–Kier alpha value is -1.26. The second-order valence-corrected chi connectivity index (χ2v) is 6.22. The number of guanidine groups is 1. The molecule has 0 aliphatic carbocycles. The van der Waals surface area contributed by atoms with Crippen molar-refractivity contribution in [2.75, 3.05) is 26.7 Å². The van der Waals surface area contributed by atoms with E-state index in [1.165, 1.54) is 0 Å². The van der Waals surface area contributed by atoms with E-state index in [1.807, 2.05) is 31.3 Å². The molecule has 0 aliphatic rings. The van der Waals surface area contributed by atoms with Crippen molar-refractivity contribution < 1.29 is 5.11 Å². The van der Waals surface area contributed by atoms with Gasteiger partial charge in [0, 0.05) is 38.3 Å². The van der Waals surface area contributed by atoms with E-state index in [2.05, 4.69) is 24.1 Å². The Kier molecular flexibility index (Phi) is 9.72. The number of aliphatic hydroxyl groups excluding tert-OH is 1. The molecule has 0 spiro atoms. The zero-order chi connectivity index (χ0) is 17.1. The highest BCUT2D eigenvalue weighted by Gasteiger charge is 2.11. The molecule has 0 saturated heterocycles. The van der Waals surface area contributed by atoms with Gasteiger partial charge in [0.2, 0.25) is 0 Å². The number of hydrogen-bond acceptors (Lipinski definition) is 2. The summed E-state index contributed by atoms with van der Waals surface area (Å²) in [6, 6.07) is 7.88. The van der Waals surface area contributed by atoms with Gasteiger partial charge in [-0.05, 0) is 37.3 Å². The van der Waals surface area contributed by atoms with E-state index >= 15 is 0 Å². The maximum atomic E-state index is 9.18. The molecule has 1 rings (SSSR count). The lowest BCUT2D eigenvalue weighted by molar-refractivity contribution is 0.253. The Bertz CT molecular complexity index is 473. The molecule has 4 nitrogen and oxygen atoms in total. The normalized spacial score (nSPS) is 13.0. The molecule has 0 aliphatic heterocycles. The number of aliphatic imine (C=N–C) groups is 1. The predicted molar refractivity (Wildman–Crippen MR) is 99.0 cm³/mol. The molecule has 5 heteroatoms. The summed E-state index contributed by atoms with van der Waals surface area (Å²) in [6.07, 6.45) is 3.02.